The summed E-state index contributed by atoms with van der Waals surface area (Å²) in [5.74, 6) is -0.764. The molecule has 1 aliphatic carbocycles. The SMILES string of the molecule is CC1(N)CCN(c2ccc(S(=O)(=O)N3CC(=O)N(c4cc(-c5ccccc5)sc4C(=O)O)C(C4CCCCC4)C3)cn2)CC1. The number of nitrogens with zero attached hydrogens (tertiary/aromatic N) is 4. The Hall–Kier alpha value is -3.32. The van der Waals surface area contributed by atoms with E-state index in [9.17, 15) is 23.1 Å². The Balaban J connectivity index is 1.30. The Morgan fingerprint density at radius 3 is 2.41 bits per heavy atom. The number of pyridine rings is 1. The van der Waals surface area contributed by atoms with E-state index in [1.807, 2.05) is 37.3 Å². The molecule has 1 atom stereocenters. The molecule has 0 radical (unpaired) electrons. The lowest BCUT2D eigenvalue weighted by Gasteiger charge is -2.44. The second kappa shape index (κ2) is 12.2. The number of thiophene rings is 1. The van der Waals surface area contributed by atoms with Crippen LogP contribution in [0.3, 0.4) is 0 Å². The summed E-state index contributed by atoms with van der Waals surface area (Å²) in [6.07, 6.45) is 7.81. The lowest BCUT2D eigenvalue weighted by atomic mass is 9.82. The molecule has 3 fully saturated rings. The molecule has 3 N–H and O–H groups in total. The number of anilines is 2. The van der Waals surface area contributed by atoms with E-state index in [2.05, 4.69) is 9.88 Å². The number of amides is 1. The van der Waals surface area contributed by atoms with Crippen LogP contribution >= 0.6 is 11.3 Å². The number of aromatic carboxylic acids is 1. The number of piperazine rings is 1. The van der Waals surface area contributed by atoms with Crippen molar-refractivity contribution in [2.24, 2.45) is 11.7 Å². The molecule has 6 rings (SSSR count). The minimum absolute atomic E-state index is 0.0405. The first-order chi connectivity index (χ1) is 21.0. The zero-order chi connectivity index (χ0) is 31.1. The highest BCUT2D eigenvalue weighted by Crippen LogP contribution is 2.42. The molecule has 4 heterocycles. The van der Waals surface area contributed by atoms with E-state index in [0.29, 0.717) is 11.5 Å². The van der Waals surface area contributed by atoms with Crippen LogP contribution in [0.5, 0.6) is 0 Å². The quantitative estimate of drug-likeness (QED) is 0.377. The minimum Gasteiger partial charge on any atom is -0.477 e. The third kappa shape index (κ3) is 6.13. The summed E-state index contributed by atoms with van der Waals surface area (Å²) in [7, 11) is -4.03. The van der Waals surface area contributed by atoms with E-state index in [1.165, 1.54) is 10.5 Å². The van der Waals surface area contributed by atoms with Gasteiger partial charge in [-0.05, 0) is 62.3 Å². The highest BCUT2D eigenvalue weighted by Gasteiger charge is 2.44. The van der Waals surface area contributed by atoms with E-state index >= 15 is 0 Å². The first-order valence-electron chi connectivity index (χ1n) is 15.3. The molecular formula is C32H39N5O5S2. The number of carbonyl (C=O) groups is 2. The van der Waals surface area contributed by atoms with Crippen LogP contribution in [0.2, 0.25) is 0 Å². The molecule has 12 heteroatoms. The lowest BCUT2D eigenvalue weighted by Crippen LogP contribution is -2.60. The first kappa shape index (κ1) is 30.7. The van der Waals surface area contributed by atoms with Crippen LogP contribution in [0.15, 0.2) is 59.6 Å². The molecule has 3 aliphatic rings. The Kier molecular flexibility index (Phi) is 8.53. The zero-order valence-corrected chi connectivity index (χ0v) is 26.5. The molecule has 1 unspecified atom stereocenters. The molecule has 0 bridgehead atoms. The van der Waals surface area contributed by atoms with Crippen molar-refractivity contribution in [3.63, 3.8) is 0 Å². The number of carboxylic acids is 1. The fourth-order valence-corrected chi connectivity index (χ4v) is 9.05. The zero-order valence-electron chi connectivity index (χ0n) is 24.9. The summed E-state index contributed by atoms with van der Waals surface area (Å²) in [6.45, 7) is 3.26. The number of hydrogen-bond acceptors (Lipinski definition) is 8. The van der Waals surface area contributed by atoms with Gasteiger partial charge in [0, 0.05) is 36.2 Å². The van der Waals surface area contributed by atoms with Crippen molar-refractivity contribution in [1.82, 2.24) is 9.29 Å². The van der Waals surface area contributed by atoms with Crippen LogP contribution < -0.4 is 15.5 Å². The fraction of sp³-hybridized carbons (Fsp3) is 0.469. The largest absolute Gasteiger partial charge is 0.477 e. The summed E-state index contributed by atoms with van der Waals surface area (Å²) >= 11 is 1.14. The Morgan fingerprint density at radius 1 is 1.07 bits per heavy atom. The molecule has 2 aromatic heterocycles. The summed E-state index contributed by atoms with van der Waals surface area (Å²) in [6, 6.07) is 14.1. The van der Waals surface area contributed by atoms with Crippen LogP contribution in [0.25, 0.3) is 10.4 Å². The summed E-state index contributed by atoms with van der Waals surface area (Å²) < 4.78 is 29.1. The van der Waals surface area contributed by atoms with Crippen molar-refractivity contribution in [2.75, 3.05) is 36.0 Å². The van der Waals surface area contributed by atoms with E-state index < -0.39 is 27.9 Å². The molecule has 10 nitrogen and oxygen atoms in total. The van der Waals surface area contributed by atoms with Gasteiger partial charge in [0.25, 0.3) is 0 Å². The van der Waals surface area contributed by atoms with Crippen molar-refractivity contribution in [3.8, 4) is 10.4 Å². The van der Waals surface area contributed by atoms with Gasteiger partial charge in [-0.15, -0.1) is 11.3 Å². The molecule has 2 aliphatic heterocycles. The maximum absolute atomic E-state index is 14.0. The third-order valence-corrected chi connectivity index (χ3v) is 12.3. The molecule has 1 aromatic carbocycles. The minimum atomic E-state index is -4.03. The average Bonchev–Trinajstić information content (AvgIpc) is 3.47. The van der Waals surface area contributed by atoms with Gasteiger partial charge in [0.1, 0.15) is 15.6 Å². The first-order valence-corrected chi connectivity index (χ1v) is 17.5. The molecule has 2 saturated heterocycles. The maximum Gasteiger partial charge on any atom is 0.348 e. The summed E-state index contributed by atoms with van der Waals surface area (Å²) in [4.78, 5) is 35.5. The van der Waals surface area contributed by atoms with Gasteiger partial charge in [-0.2, -0.15) is 4.31 Å². The number of carbonyl (C=O) groups excluding carboxylic acids is 1. The third-order valence-electron chi connectivity index (χ3n) is 9.31. The molecule has 234 valence electrons. The van der Waals surface area contributed by atoms with Gasteiger partial charge in [0.2, 0.25) is 15.9 Å². The van der Waals surface area contributed by atoms with Crippen LogP contribution in [-0.2, 0) is 14.8 Å². The predicted octanol–water partition coefficient (Wildman–Crippen LogP) is 4.81. The maximum atomic E-state index is 14.0. The van der Waals surface area contributed by atoms with Crippen LogP contribution in [0.4, 0.5) is 11.5 Å². The monoisotopic (exact) mass is 637 g/mol. The number of hydrogen-bond donors (Lipinski definition) is 2. The van der Waals surface area contributed by atoms with Crippen molar-refractivity contribution in [1.29, 1.82) is 0 Å². The van der Waals surface area contributed by atoms with Crippen molar-refractivity contribution in [2.45, 2.75) is 68.3 Å². The van der Waals surface area contributed by atoms with Gasteiger partial charge < -0.3 is 20.6 Å². The van der Waals surface area contributed by atoms with Gasteiger partial charge in [-0.3, -0.25) is 4.79 Å². The van der Waals surface area contributed by atoms with E-state index in [4.69, 9.17) is 5.73 Å². The molecule has 1 saturated carbocycles. The number of nitrogens with two attached hydrogens (primary N) is 1. The number of piperidine rings is 1. The Morgan fingerprint density at radius 2 is 1.77 bits per heavy atom. The van der Waals surface area contributed by atoms with Crippen molar-refractivity contribution in [3.05, 3.63) is 59.6 Å². The van der Waals surface area contributed by atoms with Crippen LogP contribution in [0.1, 0.15) is 61.5 Å². The average molecular weight is 638 g/mol. The molecule has 3 aromatic rings. The van der Waals surface area contributed by atoms with Gasteiger partial charge in [-0.25, -0.2) is 18.2 Å². The second-order valence-corrected chi connectivity index (χ2v) is 15.5. The fourth-order valence-electron chi connectivity index (χ4n) is 6.71. The van der Waals surface area contributed by atoms with E-state index in [0.717, 1.165) is 79.8 Å². The lowest BCUT2D eigenvalue weighted by molar-refractivity contribution is -0.121. The number of aromatic nitrogens is 1. The van der Waals surface area contributed by atoms with Crippen molar-refractivity contribution < 1.29 is 23.1 Å². The van der Waals surface area contributed by atoms with Crippen molar-refractivity contribution >= 4 is 44.7 Å². The molecule has 1 amide bonds. The smallest absolute Gasteiger partial charge is 0.348 e. The Bertz CT molecular complexity index is 1610. The van der Waals surface area contributed by atoms with Gasteiger partial charge in [0.05, 0.1) is 18.3 Å². The predicted molar refractivity (Wildman–Crippen MR) is 172 cm³/mol. The standard InChI is InChI=1S/C32H39N5O5S2/c1-32(33)14-16-35(17-15-32)28-13-12-24(19-34-28)44(41,42)36-20-26(22-8-4-2-5-9-22)37(29(38)21-36)25-18-27(43-30(25)31(39)40)23-10-6-3-7-11-23/h3,6-7,10-13,18-19,22,26H,2,4-5,8-9,14-17,20-21,33H2,1H3,(H,39,40). The highest BCUT2D eigenvalue weighted by atomic mass is 32.2. The van der Waals surface area contributed by atoms with E-state index in [-0.39, 0.29) is 34.3 Å². The molecule has 44 heavy (non-hydrogen) atoms. The van der Waals surface area contributed by atoms with Crippen LogP contribution in [-0.4, -0.2) is 72.4 Å². The Labute approximate surface area is 262 Å². The van der Waals surface area contributed by atoms with Gasteiger partial charge in [0.15, 0.2) is 0 Å². The topological polar surface area (TPSA) is 137 Å². The second-order valence-electron chi connectivity index (χ2n) is 12.5. The van der Waals surface area contributed by atoms with Gasteiger partial charge in [-0.1, -0.05) is 49.6 Å². The normalized spacial score (nSPS) is 21.9. The number of carboxylic acid groups (broad SMARTS) is 1. The number of rotatable bonds is 7. The number of benzene rings is 1. The summed E-state index contributed by atoms with van der Waals surface area (Å²) in [5.41, 5.74) is 7.27. The number of sulfonamides is 1. The molecule has 0 spiro atoms. The summed E-state index contributed by atoms with van der Waals surface area (Å²) in [5, 5.41) is 10.2. The van der Waals surface area contributed by atoms with Crippen LogP contribution in [0, 0.1) is 5.92 Å². The van der Waals surface area contributed by atoms with E-state index in [1.54, 1.807) is 23.1 Å². The molecular weight excluding hydrogens is 599 g/mol. The highest BCUT2D eigenvalue weighted by molar-refractivity contribution is 7.89. The van der Waals surface area contributed by atoms with Gasteiger partial charge >= 0.3 is 5.97 Å².